The Kier molecular flexibility index (Phi) is 8.87. The zero-order valence-electron chi connectivity index (χ0n) is 19.5. The van der Waals surface area contributed by atoms with Gasteiger partial charge < -0.3 is 14.5 Å². The lowest BCUT2D eigenvalue weighted by Crippen LogP contribution is -2.32. The first-order chi connectivity index (χ1) is 16.7. The van der Waals surface area contributed by atoms with Crippen LogP contribution in [0.5, 0.6) is 0 Å². The highest BCUT2D eigenvalue weighted by molar-refractivity contribution is 5.93. The summed E-state index contributed by atoms with van der Waals surface area (Å²) >= 11 is 0. The van der Waals surface area contributed by atoms with Gasteiger partial charge in [-0.2, -0.15) is 0 Å². The maximum Gasteiger partial charge on any atom is 0.157 e. The van der Waals surface area contributed by atoms with Crippen molar-refractivity contribution in [1.29, 1.82) is 5.41 Å². The number of nitrogens with one attached hydrogen (secondary N) is 3. The molecule has 34 heavy (non-hydrogen) atoms. The van der Waals surface area contributed by atoms with E-state index in [0.29, 0.717) is 6.61 Å². The van der Waals surface area contributed by atoms with Gasteiger partial charge in [-0.25, -0.2) is 0 Å². The minimum atomic E-state index is -0.0672. The third-order valence-electron chi connectivity index (χ3n) is 6.17. The molecule has 3 aromatic rings. The quantitative estimate of drug-likeness (QED) is 0.188. The lowest BCUT2D eigenvalue weighted by molar-refractivity contribution is -0.164. The second kappa shape index (κ2) is 12.5. The molecule has 0 saturated carbocycles. The molecule has 1 aliphatic heterocycles. The summed E-state index contributed by atoms with van der Waals surface area (Å²) in [6, 6.07) is 16.7. The van der Waals surface area contributed by atoms with Gasteiger partial charge in [0, 0.05) is 43.3 Å². The van der Waals surface area contributed by atoms with Crippen LogP contribution in [0.25, 0.3) is 17.0 Å². The first kappa shape index (κ1) is 24.2. The number of benzene rings is 2. The number of para-hydroxylation sites is 1. The first-order valence-corrected chi connectivity index (χ1v) is 12.0. The SMILES string of the molecule is N=C(/C=C/c1ccc(CN(CCOC2CCCCO2)CCc2c[nH]c3ccccc23)cc1)NO. The highest BCUT2D eigenvalue weighted by Crippen LogP contribution is 2.19. The molecule has 4 N–H and O–H groups in total. The van der Waals surface area contributed by atoms with Gasteiger partial charge in [-0.1, -0.05) is 48.5 Å². The molecule has 7 heteroatoms. The van der Waals surface area contributed by atoms with E-state index in [1.54, 1.807) is 6.08 Å². The van der Waals surface area contributed by atoms with Crippen LogP contribution < -0.4 is 5.48 Å². The second-order valence-corrected chi connectivity index (χ2v) is 8.65. The van der Waals surface area contributed by atoms with Crippen molar-refractivity contribution >= 4 is 22.8 Å². The van der Waals surface area contributed by atoms with Crippen molar-refractivity contribution in [1.82, 2.24) is 15.4 Å². The predicted octanol–water partition coefficient (Wildman–Crippen LogP) is 4.73. The summed E-state index contributed by atoms with van der Waals surface area (Å²) in [5, 5.41) is 17.5. The van der Waals surface area contributed by atoms with Gasteiger partial charge in [0.15, 0.2) is 6.29 Å². The second-order valence-electron chi connectivity index (χ2n) is 8.65. The number of nitrogens with zero attached hydrogens (tertiary/aromatic N) is 1. The van der Waals surface area contributed by atoms with Gasteiger partial charge in [-0.3, -0.25) is 21.0 Å². The Hall–Kier alpha value is -2.97. The molecule has 0 radical (unpaired) electrons. The molecule has 2 heterocycles. The highest BCUT2D eigenvalue weighted by Gasteiger charge is 2.15. The average Bonchev–Trinajstić information content (AvgIpc) is 3.30. The molecule has 0 spiro atoms. The van der Waals surface area contributed by atoms with Crippen LogP contribution in [0, 0.1) is 5.41 Å². The molecule has 4 rings (SSSR count). The fourth-order valence-electron chi connectivity index (χ4n) is 4.25. The van der Waals surface area contributed by atoms with E-state index in [0.717, 1.165) is 51.1 Å². The summed E-state index contributed by atoms with van der Waals surface area (Å²) in [5.41, 5.74) is 6.53. The minimum Gasteiger partial charge on any atom is -0.361 e. The Morgan fingerprint density at radius 1 is 1.18 bits per heavy atom. The average molecular weight is 463 g/mol. The summed E-state index contributed by atoms with van der Waals surface area (Å²) in [6.07, 6.45) is 9.60. The van der Waals surface area contributed by atoms with Crippen LogP contribution >= 0.6 is 0 Å². The lowest BCUT2D eigenvalue weighted by atomic mass is 10.1. The van der Waals surface area contributed by atoms with E-state index in [1.807, 2.05) is 17.6 Å². The molecule has 2 aromatic carbocycles. The lowest BCUT2D eigenvalue weighted by Gasteiger charge is -2.26. The molecule has 1 aromatic heterocycles. The molecule has 1 atom stereocenters. The number of amidine groups is 1. The Balaban J connectivity index is 1.37. The maximum atomic E-state index is 8.74. The van der Waals surface area contributed by atoms with E-state index < -0.39 is 0 Å². The van der Waals surface area contributed by atoms with Crippen molar-refractivity contribution in [3.8, 4) is 0 Å². The third kappa shape index (κ3) is 7.01. The van der Waals surface area contributed by atoms with Crippen molar-refractivity contribution in [2.75, 3.05) is 26.3 Å². The van der Waals surface area contributed by atoms with Crippen LogP contribution in [0.1, 0.15) is 36.0 Å². The molecule has 1 fully saturated rings. The molecular formula is C27H34N4O3. The molecule has 7 nitrogen and oxygen atoms in total. The van der Waals surface area contributed by atoms with Crippen LogP contribution in [0.4, 0.5) is 0 Å². The number of rotatable bonds is 11. The number of ether oxygens (including phenoxy) is 2. The molecule has 0 bridgehead atoms. The van der Waals surface area contributed by atoms with Gasteiger partial charge in [0.2, 0.25) is 0 Å². The van der Waals surface area contributed by atoms with Gasteiger partial charge in [-0.15, -0.1) is 0 Å². The van der Waals surface area contributed by atoms with Gasteiger partial charge in [0.1, 0.15) is 5.84 Å². The monoisotopic (exact) mass is 462 g/mol. The minimum absolute atomic E-state index is 0.0468. The summed E-state index contributed by atoms with van der Waals surface area (Å²) in [7, 11) is 0. The van der Waals surface area contributed by atoms with Gasteiger partial charge in [0.05, 0.1) is 6.61 Å². The van der Waals surface area contributed by atoms with E-state index in [2.05, 4.69) is 52.5 Å². The number of aromatic amines is 1. The van der Waals surface area contributed by atoms with Crippen molar-refractivity contribution in [3.63, 3.8) is 0 Å². The number of hydrogen-bond acceptors (Lipinski definition) is 5. The van der Waals surface area contributed by atoms with Crippen molar-refractivity contribution in [2.45, 2.75) is 38.5 Å². The topological polar surface area (TPSA) is 93.6 Å². The van der Waals surface area contributed by atoms with Crippen molar-refractivity contribution in [3.05, 3.63) is 77.5 Å². The highest BCUT2D eigenvalue weighted by atomic mass is 16.7. The van der Waals surface area contributed by atoms with E-state index in [-0.39, 0.29) is 12.1 Å². The smallest absolute Gasteiger partial charge is 0.157 e. The summed E-state index contributed by atoms with van der Waals surface area (Å²) in [6.45, 7) is 4.04. The number of H-pyrrole nitrogens is 1. The Labute approximate surface area is 200 Å². The normalized spacial score (nSPS) is 16.5. The molecule has 0 amide bonds. The zero-order valence-corrected chi connectivity index (χ0v) is 19.5. The van der Waals surface area contributed by atoms with Crippen LogP contribution in [0.3, 0.4) is 0 Å². The molecule has 0 aliphatic carbocycles. The standard InChI is InChI=1S/C27H34N4O3/c28-26(30-32)13-12-21-8-10-22(11-9-21)20-31(16-18-34-27-7-3-4-17-33-27)15-14-23-19-29-25-6-2-1-5-24(23)25/h1-2,5-6,8-13,19,27,29,32H,3-4,7,14-18,20H2,(H2,28,30)/b13-12+. The number of hydrogen-bond donors (Lipinski definition) is 4. The van der Waals surface area contributed by atoms with Gasteiger partial charge in [-0.05, 0) is 54.5 Å². The van der Waals surface area contributed by atoms with E-state index in [1.165, 1.54) is 34.5 Å². The number of fused-ring (bicyclic) bond motifs is 1. The largest absolute Gasteiger partial charge is 0.361 e. The summed E-state index contributed by atoms with van der Waals surface area (Å²) in [4.78, 5) is 5.81. The van der Waals surface area contributed by atoms with Gasteiger partial charge >= 0.3 is 0 Å². The van der Waals surface area contributed by atoms with Crippen molar-refractivity contribution in [2.24, 2.45) is 0 Å². The van der Waals surface area contributed by atoms with Crippen molar-refractivity contribution < 1.29 is 14.7 Å². The van der Waals surface area contributed by atoms with Gasteiger partial charge in [0.25, 0.3) is 0 Å². The molecule has 180 valence electrons. The Bertz CT molecular complexity index is 1070. The fourth-order valence-corrected chi connectivity index (χ4v) is 4.25. The molecular weight excluding hydrogens is 428 g/mol. The van der Waals surface area contributed by atoms with Crippen LogP contribution in [-0.4, -0.2) is 53.5 Å². The number of hydroxylamine groups is 1. The van der Waals surface area contributed by atoms with E-state index >= 15 is 0 Å². The predicted molar refractivity (Wildman–Crippen MR) is 135 cm³/mol. The number of aromatic nitrogens is 1. The fraction of sp³-hybridized carbons (Fsp3) is 0.370. The first-order valence-electron chi connectivity index (χ1n) is 12.0. The summed E-state index contributed by atoms with van der Waals surface area (Å²) < 4.78 is 11.7. The van der Waals surface area contributed by atoms with Crippen LogP contribution in [0.2, 0.25) is 0 Å². The zero-order chi connectivity index (χ0) is 23.6. The Morgan fingerprint density at radius 3 is 2.82 bits per heavy atom. The van der Waals surface area contributed by atoms with Crippen LogP contribution in [0.15, 0.2) is 60.8 Å². The van der Waals surface area contributed by atoms with E-state index in [9.17, 15) is 0 Å². The van der Waals surface area contributed by atoms with E-state index in [4.69, 9.17) is 20.1 Å². The molecule has 1 aliphatic rings. The third-order valence-corrected chi connectivity index (χ3v) is 6.17. The molecule has 1 unspecified atom stereocenters. The van der Waals surface area contributed by atoms with Crippen LogP contribution in [-0.2, 0) is 22.4 Å². The maximum absolute atomic E-state index is 8.74. The Morgan fingerprint density at radius 2 is 2.03 bits per heavy atom. The summed E-state index contributed by atoms with van der Waals surface area (Å²) in [5.74, 6) is -0.0468. The molecule has 1 saturated heterocycles.